The lowest BCUT2D eigenvalue weighted by molar-refractivity contribution is -0.135. The van der Waals surface area contributed by atoms with E-state index in [2.05, 4.69) is 0 Å². The third-order valence-corrected chi connectivity index (χ3v) is 2.27. The van der Waals surface area contributed by atoms with Gasteiger partial charge in [0.25, 0.3) is 0 Å². The number of carbonyl (C=O) groups is 2. The number of carbonyl (C=O) groups excluding carboxylic acids is 1. The van der Waals surface area contributed by atoms with Crippen LogP contribution in [0.1, 0.15) is 20.8 Å². The predicted octanol–water partition coefficient (Wildman–Crippen LogP) is 2.52. The van der Waals surface area contributed by atoms with Crippen molar-refractivity contribution in [1.82, 2.24) is 0 Å². The van der Waals surface area contributed by atoms with Crippen LogP contribution in [-0.4, -0.2) is 36.4 Å². The number of methoxy groups -OCH3 is 1. The molecular formula is C14H19NO5. The fourth-order valence-electron chi connectivity index (χ4n) is 1.49. The summed E-state index contributed by atoms with van der Waals surface area (Å²) < 4.78 is 10.3. The van der Waals surface area contributed by atoms with Crippen LogP contribution in [0.5, 0.6) is 5.75 Å². The van der Waals surface area contributed by atoms with Crippen LogP contribution in [0.2, 0.25) is 0 Å². The molecule has 0 unspecified atom stereocenters. The van der Waals surface area contributed by atoms with E-state index in [-0.39, 0.29) is 0 Å². The average molecular weight is 281 g/mol. The molecule has 1 amide bonds. The minimum atomic E-state index is -1.13. The Labute approximate surface area is 117 Å². The molecule has 0 saturated heterocycles. The van der Waals surface area contributed by atoms with Crippen LogP contribution in [0.15, 0.2) is 24.3 Å². The summed E-state index contributed by atoms with van der Waals surface area (Å²) in [5, 5.41) is 8.94. The number of rotatable bonds is 4. The lowest BCUT2D eigenvalue weighted by atomic mass is 10.2. The standard InChI is InChI=1S/C14H19NO5/c1-14(2,3)20-13(18)15(9-12(16)17)10-6-5-7-11(8-10)19-4/h5-8H,9H2,1-4H3,(H,16,17). The van der Waals surface area contributed by atoms with Gasteiger partial charge in [-0.15, -0.1) is 0 Å². The first kappa shape index (κ1) is 15.8. The van der Waals surface area contributed by atoms with Crippen LogP contribution in [0.25, 0.3) is 0 Å². The third kappa shape index (κ3) is 4.79. The maximum Gasteiger partial charge on any atom is 0.415 e. The summed E-state index contributed by atoms with van der Waals surface area (Å²) in [7, 11) is 1.49. The van der Waals surface area contributed by atoms with Crippen molar-refractivity contribution in [3.8, 4) is 5.75 Å². The van der Waals surface area contributed by atoms with Crippen LogP contribution < -0.4 is 9.64 Å². The summed E-state index contributed by atoms with van der Waals surface area (Å²) in [6, 6.07) is 6.58. The molecule has 110 valence electrons. The van der Waals surface area contributed by atoms with E-state index in [1.54, 1.807) is 45.0 Å². The van der Waals surface area contributed by atoms with Crippen LogP contribution >= 0.6 is 0 Å². The molecular weight excluding hydrogens is 262 g/mol. The minimum Gasteiger partial charge on any atom is -0.497 e. The highest BCUT2D eigenvalue weighted by Gasteiger charge is 2.25. The molecule has 1 N–H and O–H groups in total. The molecule has 0 atom stereocenters. The summed E-state index contributed by atoms with van der Waals surface area (Å²) in [5.41, 5.74) is -0.298. The number of amides is 1. The molecule has 0 aliphatic carbocycles. The van der Waals surface area contributed by atoms with E-state index in [9.17, 15) is 9.59 Å². The van der Waals surface area contributed by atoms with E-state index in [1.807, 2.05) is 0 Å². The number of carboxylic acid groups (broad SMARTS) is 1. The molecule has 0 heterocycles. The largest absolute Gasteiger partial charge is 0.497 e. The Balaban J connectivity index is 3.04. The van der Waals surface area contributed by atoms with Crippen molar-refractivity contribution in [2.45, 2.75) is 26.4 Å². The van der Waals surface area contributed by atoms with E-state index < -0.39 is 24.2 Å². The highest BCUT2D eigenvalue weighted by atomic mass is 16.6. The fraction of sp³-hybridized carbons (Fsp3) is 0.429. The van der Waals surface area contributed by atoms with Gasteiger partial charge in [0.1, 0.15) is 17.9 Å². The predicted molar refractivity (Wildman–Crippen MR) is 74.2 cm³/mol. The van der Waals surface area contributed by atoms with Gasteiger partial charge in [0.2, 0.25) is 0 Å². The molecule has 6 heteroatoms. The number of ether oxygens (including phenoxy) is 2. The zero-order valence-electron chi connectivity index (χ0n) is 12.0. The van der Waals surface area contributed by atoms with Gasteiger partial charge in [-0.05, 0) is 32.9 Å². The van der Waals surface area contributed by atoms with Crippen molar-refractivity contribution < 1.29 is 24.2 Å². The molecule has 0 saturated carbocycles. The second-order valence-corrected chi connectivity index (χ2v) is 5.16. The van der Waals surface area contributed by atoms with Gasteiger partial charge in [-0.2, -0.15) is 0 Å². The van der Waals surface area contributed by atoms with E-state index >= 15 is 0 Å². The van der Waals surface area contributed by atoms with Crippen LogP contribution in [0, 0.1) is 0 Å². The van der Waals surface area contributed by atoms with Gasteiger partial charge in [0, 0.05) is 6.07 Å². The second kappa shape index (κ2) is 6.27. The van der Waals surface area contributed by atoms with Gasteiger partial charge in [-0.25, -0.2) is 4.79 Å². The quantitative estimate of drug-likeness (QED) is 0.917. The van der Waals surface area contributed by atoms with Gasteiger partial charge in [0.15, 0.2) is 0 Å². The molecule has 1 rings (SSSR count). The van der Waals surface area contributed by atoms with Crippen LogP contribution in [-0.2, 0) is 9.53 Å². The Morgan fingerprint density at radius 2 is 1.95 bits per heavy atom. The number of nitrogens with zero attached hydrogens (tertiary/aromatic N) is 1. The average Bonchev–Trinajstić information content (AvgIpc) is 2.33. The topological polar surface area (TPSA) is 76.1 Å². The molecule has 1 aromatic carbocycles. The summed E-state index contributed by atoms with van der Waals surface area (Å²) in [4.78, 5) is 24.1. The van der Waals surface area contributed by atoms with Gasteiger partial charge < -0.3 is 14.6 Å². The highest BCUT2D eigenvalue weighted by molar-refractivity contribution is 5.93. The number of carboxylic acids is 1. The molecule has 0 aliphatic rings. The summed E-state index contributed by atoms with van der Waals surface area (Å²) in [6.45, 7) is 4.67. The number of anilines is 1. The van der Waals surface area contributed by atoms with Gasteiger partial charge in [0.05, 0.1) is 12.8 Å². The molecule has 0 radical (unpaired) electrons. The van der Waals surface area contributed by atoms with Gasteiger partial charge in [-0.3, -0.25) is 9.69 Å². The molecule has 6 nitrogen and oxygen atoms in total. The summed E-state index contributed by atoms with van der Waals surface area (Å²) in [5.74, 6) is -0.597. The van der Waals surface area contributed by atoms with Crippen LogP contribution in [0.4, 0.5) is 10.5 Å². The molecule has 0 fully saturated rings. The molecule has 0 bridgehead atoms. The first-order valence-electron chi connectivity index (χ1n) is 6.09. The second-order valence-electron chi connectivity index (χ2n) is 5.16. The maximum absolute atomic E-state index is 12.1. The Morgan fingerprint density at radius 3 is 2.45 bits per heavy atom. The van der Waals surface area contributed by atoms with Gasteiger partial charge >= 0.3 is 12.1 Å². The zero-order chi connectivity index (χ0) is 15.3. The number of benzene rings is 1. The van der Waals surface area contributed by atoms with Crippen LogP contribution in [0.3, 0.4) is 0 Å². The van der Waals surface area contributed by atoms with Crippen molar-refractivity contribution in [3.63, 3.8) is 0 Å². The fourth-order valence-corrected chi connectivity index (χ4v) is 1.49. The Hall–Kier alpha value is -2.24. The summed E-state index contributed by atoms with van der Waals surface area (Å²) in [6.07, 6.45) is -0.715. The van der Waals surface area contributed by atoms with Crippen molar-refractivity contribution in [3.05, 3.63) is 24.3 Å². The lowest BCUT2D eigenvalue weighted by Crippen LogP contribution is -2.40. The van der Waals surface area contributed by atoms with Crippen molar-refractivity contribution in [2.75, 3.05) is 18.6 Å². The third-order valence-electron chi connectivity index (χ3n) is 2.27. The Morgan fingerprint density at radius 1 is 1.30 bits per heavy atom. The zero-order valence-corrected chi connectivity index (χ0v) is 12.0. The number of hydrogen-bond acceptors (Lipinski definition) is 4. The normalized spacial score (nSPS) is 10.8. The van der Waals surface area contributed by atoms with E-state index in [0.29, 0.717) is 11.4 Å². The van der Waals surface area contributed by atoms with E-state index in [4.69, 9.17) is 14.6 Å². The molecule has 20 heavy (non-hydrogen) atoms. The molecule has 1 aromatic rings. The molecule has 0 spiro atoms. The van der Waals surface area contributed by atoms with E-state index in [0.717, 1.165) is 4.90 Å². The monoisotopic (exact) mass is 281 g/mol. The number of hydrogen-bond donors (Lipinski definition) is 1. The smallest absolute Gasteiger partial charge is 0.415 e. The van der Waals surface area contributed by atoms with Crippen molar-refractivity contribution in [2.24, 2.45) is 0 Å². The number of aliphatic carboxylic acids is 1. The van der Waals surface area contributed by atoms with Crippen molar-refractivity contribution in [1.29, 1.82) is 0 Å². The summed E-state index contributed by atoms with van der Waals surface area (Å²) >= 11 is 0. The molecule has 0 aromatic heterocycles. The van der Waals surface area contributed by atoms with E-state index in [1.165, 1.54) is 7.11 Å². The minimum absolute atomic E-state index is 0.404. The molecule has 0 aliphatic heterocycles. The maximum atomic E-state index is 12.1. The highest BCUT2D eigenvalue weighted by Crippen LogP contribution is 2.22. The van der Waals surface area contributed by atoms with Gasteiger partial charge in [-0.1, -0.05) is 6.07 Å². The SMILES string of the molecule is COc1cccc(N(CC(=O)O)C(=O)OC(C)(C)C)c1. The first-order valence-corrected chi connectivity index (χ1v) is 6.09. The first-order chi connectivity index (χ1) is 9.23. The Bertz CT molecular complexity index is 493. The van der Waals surface area contributed by atoms with Crippen molar-refractivity contribution >= 4 is 17.7 Å². The lowest BCUT2D eigenvalue weighted by Gasteiger charge is -2.26. The Kier molecular flexibility index (Phi) is 4.96.